The van der Waals surface area contributed by atoms with Crippen LogP contribution in [0.15, 0.2) is 41.9 Å². The zero-order valence-electron chi connectivity index (χ0n) is 13.5. The van der Waals surface area contributed by atoms with Gasteiger partial charge < -0.3 is 9.64 Å². The Labute approximate surface area is 137 Å². The molecule has 3 heteroatoms. The SMILES string of the molecule is C=C[C@@]12CN(C)[C@H]3C[C@]14C(=Nc1ccccc14)[C@H]1C[C@@H]2[C@@H]3CO1. The summed E-state index contributed by atoms with van der Waals surface area (Å²) in [4.78, 5) is 7.70. The van der Waals surface area contributed by atoms with Gasteiger partial charge in [-0.2, -0.15) is 0 Å². The number of hydrogen-bond acceptors (Lipinski definition) is 3. The van der Waals surface area contributed by atoms with E-state index in [0.29, 0.717) is 17.9 Å². The summed E-state index contributed by atoms with van der Waals surface area (Å²) in [6.07, 6.45) is 4.85. The van der Waals surface area contributed by atoms with Crippen LogP contribution < -0.4 is 0 Å². The van der Waals surface area contributed by atoms with Crippen molar-refractivity contribution in [1.82, 2.24) is 4.90 Å². The van der Waals surface area contributed by atoms with Gasteiger partial charge in [-0.25, -0.2) is 0 Å². The zero-order chi connectivity index (χ0) is 15.4. The van der Waals surface area contributed by atoms with Gasteiger partial charge >= 0.3 is 0 Å². The third-order valence-corrected chi connectivity index (χ3v) is 7.73. The average molecular weight is 306 g/mol. The van der Waals surface area contributed by atoms with Gasteiger partial charge in [0.15, 0.2) is 0 Å². The molecule has 3 saturated heterocycles. The second-order valence-corrected chi connectivity index (χ2v) is 8.18. The van der Waals surface area contributed by atoms with Crippen molar-refractivity contribution in [2.24, 2.45) is 22.2 Å². The molecule has 5 bridgehead atoms. The molecule has 0 radical (unpaired) electrons. The second-order valence-electron chi connectivity index (χ2n) is 8.18. The van der Waals surface area contributed by atoms with Gasteiger partial charge in [0.25, 0.3) is 0 Å². The fraction of sp³-hybridized carbons (Fsp3) is 0.550. The van der Waals surface area contributed by atoms with Crippen molar-refractivity contribution in [2.75, 3.05) is 20.2 Å². The van der Waals surface area contributed by atoms with E-state index in [1.54, 1.807) is 0 Å². The lowest BCUT2D eigenvalue weighted by Gasteiger charge is -2.72. The summed E-state index contributed by atoms with van der Waals surface area (Å²) in [5.74, 6) is 1.35. The highest BCUT2D eigenvalue weighted by atomic mass is 16.5. The third kappa shape index (κ3) is 1.15. The molecule has 0 aromatic heterocycles. The van der Waals surface area contributed by atoms with E-state index in [1.807, 2.05) is 0 Å². The van der Waals surface area contributed by atoms with E-state index < -0.39 is 0 Å². The molecule has 0 unspecified atom stereocenters. The molecule has 23 heavy (non-hydrogen) atoms. The molecule has 4 aliphatic heterocycles. The van der Waals surface area contributed by atoms with E-state index in [9.17, 15) is 0 Å². The van der Waals surface area contributed by atoms with E-state index in [0.717, 1.165) is 19.6 Å². The molecule has 5 fully saturated rings. The Morgan fingerprint density at radius 2 is 2.26 bits per heavy atom. The van der Waals surface area contributed by atoms with E-state index in [-0.39, 0.29) is 16.9 Å². The van der Waals surface area contributed by atoms with Crippen LogP contribution in [0.1, 0.15) is 18.4 Å². The summed E-state index contributed by atoms with van der Waals surface area (Å²) in [5.41, 5.74) is 4.07. The van der Waals surface area contributed by atoms with Crippen molar-refractivity contribution in [2.45, 2.75) is 30.4 Å². The van der Waals surface area contributed by atoms with Crippen LogP contribution in [0.5, 0.6) is 0 Å². The second kappa shape index (κ2) is 3.79. The van der Waals surface area contributed by atoms with E-state index in [4.69, 9.17) is 9.73 Å². The van der Waals surface area contributed by atoms with Gasteiger partial charge in [-0.05, 0) is 37.4 Å². The number of ether oxygens (including phenoxy) is 1. The summed E-state index contributed by atoms with van der Waals surface area (Å²) >= 11 is 0. The van der Waals surface area contributed by atoms with Crippen molar-refractivity contribution >= 4 is 11.4 Å². The minimum atomic E-state index is 0.0347. The maximum absolute atomic E-state index is 6.32. The molecule has 1 aromatic rings. The molecule has 1 aromatic carbocycles. The van der Waals surface area contributed by atoms with Gasteiger partial charge in [0, 0.05) is 23.9 Å². The lowest BCUT2D eigenvalue weighted by molar-refractivity contribution is -0.190. The molecule has 0 N–H and O–H groups in total. The topological polar surface area (TPSA) is 24.8 Å². The molecule has 6 atom stereocenters. The largest absolute Gasteiger partial charge is 0.372 e. The highest BCUT2D eigenvalue weighted by Crippen LogP contribution is 2.70. The summed E-state index contributed by atoms with van der Waals surface area (Å²) in [6, 6.07) is 9.39. The van der Waals surface area contributed by atoms with Crippen molar-refractivity contribution in [1.29, 1.82) is 0 Å². The molecule has 4 heterocycles. The first-order chi connectivity index (χ1) is 11.2. The Kier molecular flexibility index (Phi) is 2.12. The maximum Gasteiger partial charge on any atom is 0.0968 e. The zero-order valence-corrected chi connectivity index (χ0v) is 13.5. The van der Waals surface area contributed by atoms with Crippen molar-refractivity contribution in [3.8, 4) is 0 Å². The quantitative estimate of drug-likeness (QED) is 0.745. The highest BCUT2D eigenvalue weighted by molar-refractivity contribution is 6.07. The van der Waals surface area contributed by atoms with Crippen molar-refractivity contribution in [3.05, 3.63) is 42.5 Å². The number of hydrogen-bond donors (Lipinski definition) is 0. The molecule has 0 amide bonds. The predicted molar refractivity (Wildman–Crippen MR) is 90.2 cm³/mol. The summed E-state index contributed by atoms with van der Waals surface area (Å²) in [6.45, 7) is 6.37. The summed E-state index contributed by atoms with van der Waals surface area (Å²) < 4.78 is 6.32. The first kappa shape index (κ1) is 12.9. The Morgan fingerprint density at radius 3 is 3.13 bits per heavy atom. The van der Waals surface area contributed by atoms with Crippen LogP contribution in [0.3, 0.4) is 0 Å². The average Bonchev–Trinajstić information content (AvgIpc) is 2.90. The van der Waals surface area contributed by atoms with Crippen LogP contribution >= 0.6 is 0 Å². The van der Waals surface area contributed by atoms with Gasteiger partial charge in [-0.1, -0.05) is 24.3 Å². The van der Waals surface area contributed by atoms with Gasteiger partial charge in [0.1, 0.15) is 0 Å². The molecule has 2 saturated carbocycles. The molecule has 118 valence electrons. The lowest BCUT2D eigenvalue weighted by Crippen LogP contribution is -2.78. The first-order valence-electron chi connectivity index (χ1n) is 8.85. The van der Waals surface area contributed by atoms with Crippen LogP contribution in [0.2, 0.25) is 0 Å². The predicted octanol–water partition coefficient (Wildman–Crippen LogP) is 2.94. The van der Waals surface area contributed by atoms with Crippen molar-refractivity contribution < 1.29 is 4.74 Å². The van der Waals surface area contributed by atoms with Crippen LogP contribution in [0.25, 0.3) is 0 Å². The number of benzene rings is 1. The van der Waals surface area contributed by atoms with Crippen LogP contribution in [-0.2, 0) is 10.2 Å². The molecular formula is C20H22N2O. The number of nitrogens with zero attached hydrogens (tertiary/aromatic N) is 2. The Hall–Kier alpha value is -1.45. The third-order valence-electron chi connectivity index (χ3n) is 7.73. The lowest BCUT2D eigenvalue weighted by atomic mass is 9.38. The molecule has 2 aliphatic carbocycles. The van der Waals surface area contributed by atoms with Crippen LogP contribution in [-0.4, -0.2) is 43.0 Å². The summed E-state index contributed by atoms with van der Waals surface area (Å²) in [7, 11) is 2.29. The number of para-hydroxylation sites is 1. The van der Waals surface area contributed by atoms with Crippen molar-refractivity contribution in [3.63, 3.8) is 0 Å². The molecule has 6 aliphatic rings. The summed E-state index contributed by atoms with van der Waals surface area (Å²) in [5, 5.41) is 0. The standard InChI is InChI=1S/C20H22N2O/c1-3-19-11-22(2)16-9-20(19)13-6-4-5-7-15(13)21-18(20)17-8-14(19)12(16)10-23-17/h3-7,12,14,16-17H,1,8-11H2,2H3/t12-,14+,16-,17+,19-,20-/m0/s1. The Bertz CT molecular complexity index is 771. The van der Waals surface area contributed by atoms with E-state index in [2.05, 4.69) is 48.9 Å². The number of rotatable bonds is 1. The number of piperidine rings is 2. The van der Waals surface area contributed by atoms with Crippen LogP contribution in [0, 0.1) is 17.3 Å². The van der Waals surface area contributed by atoms with Crippen LogP contribution in [0.4, 0.5) is 5.69 Å². The van der Waals surface area contributed by atoms with Gasteiger partial charge in [-0.15, -0.1) is 6.58 Å². The number of fused-ring (bicyclic) bond motifs is 4. The molecular weight excluding hydrogens is 284 g/mol. The molecule has 3 nitrogen and oxygen atoms in total. The molecule has 7 rings (SSSR count). The Balaban J connectivity index is 1.72. The van der Waals surface area contributed by atoms with Gasteiger partial charge in [0.05, 0.1) is 29.5 Å². The number of aliphatic imine (C=N–C) groups is 1. The normalized spacial score (nSPS) is 48.8. The monoisotopic (exact) mass is 306 g/mol. The highest BCUT2D eigenvalue weighted by Gasteiger charge is 2.74. The Morgan fingerprint density at radius 1 is 1.39 bits per heavy atom. The minimum Gasteiger partial charge on any atom is -0.372 e. The minimum absolute atomic E-state index is 0.0347. The fourth-order valence-corrected chi connectivity index (χ4v) is 6.95. The smallest absolute Gasteiger partial charge is 0.0968 e. The van der Waals surface area contributed by atoms with Gasteiger partial charge in [-0.3, -0.25) is 4.99 Å². The molecule has 1 spiro atoms. The first-order valence-corrected chi connectivity index (χ1v) is 8.85. The van der Waals surface area contributed by atoms with Gasteiger partial charge in [0.2, 0.25) is 0 Å². The van der Waals surface area contributed by atoms with E-state index >= 15 is 0 Å². The fourth-order valence-electron chi connectivity index (χ4n) is 6.95. The van der Waals surface area contributed by atoms with E-state index in [1.165, 1.54) is 23.4 Å². The maximum atomic E-state index is 6.32.